The van der Waals surface area contributed by atoms with Crippen molar-refractivity contribution in [2.45, 2.75) is 553 Å². The molecule has 0 fully saturated rings. The SMILES string of the molecule is CCC(CO)(CO)CO.O=C(O)CCCCCCCCCCCCCCCCCCCCCC(CCCCCCCCCCCCCCCCCCCCCC(=O)O)C(CCCCCCCCCCCCCCCCCCCCCC(=O)O)(CCCCCCCCCCCCCCCCCCCCCC(=O)O)C(CO)(CO)CO. The van der Waals surface area contributed by atoms with Gasteiger partial charge in [-0.1, -0.05) is 469 Å². The number of aliphatic hydroxyl groups is 6. The summed E-state index contributed by atoms with van der Waals surface area (Å²) in [5.41, 5.74) is -1.86. The summed E-state index contributed by atoms with van der Waals surface area (Å²) in [7, 11) is 0. The van der Waals surface area contributed by atoms with E-state index < -0.39 is 34.7 Å². The maximum atomic E-state index is 11.6. The van der Waals surface area contributed by atoms with Crippen LogP contribution in [0, 0.1) is 22.2 Å². The van der Waals surface area contributed by atoms with Gasteiger partial charge in [0, 0.05) is 36.5 Å². The van der Waals surface area contributed by atoms with E-state index in [-0.39, 0.29) is 45.1 Å². The number of aliphatic carboxylic acids is 4. The molecule has 0 aromatic carbocycles. The van der Waals surface area contributed by atoms with Crippen molar-refractivity contribution in [1.82, 2.24) is 0 Å². The second kappa shape index (κ2) is 89.9. The van der Waals surface area contributed by atoms with Gasteiger partial charge in [-0.15, -0.1) is 0 Å². The zero-order valence-electron chi connectivity index (χ0n) is 75.5. The van der Waals surface area contributed by atoms with E-state index in [0.29, 0.717) is 38.0 Å². The Morgan fingerprint density at radius 2 is 0.325 bits per heavy atom. The lowest BCUT2D eigenvalue weighted by atomic mass is 9.52. The smallest absolute Gasteiger partial charge is 0.303 e. The number of hydrogen-bond acceptors (Lipinski definition) is 10. The molecule has 14 nitrogen and oxygen atoms in total. The van der Waals surface area contributed by atoms with Crippen LogP contribution in [-0.4, -0.2) is 115 Å². The molecule has 0 saturated carbocycles. The molecule has 0 aromatic rings. The molecule has 0 aliphatic heterocycles. The van der Waals surface area contributed by atoms with Crippen molar-refractivity contribution in [3.05, 3.63) is 0 Å². The van der Waals surface area contributed by atoms with E-state index in [9.17, 15) is 34.5 Å². The number of carboxylic acids is 4. The molecule has 0 aliphatic carbocycles. The van der Waals surface area contributed by atoms with Gasteiger partial charge < -0.3 is 51.1 Å². The minimum atomic E-state index is -0.895. The Labute approximate surface area is 704 Å². The van der Waals surface area contributed by atoms with Crippen molar-refractivity contribution in [2.24, 2.45) is 22.2 Å². The van der Waals surface area contributed by atoms with Crippen molar-refractivity contribution in [1.29, 1.82) is 0 Å². The van der Waals surface area contributed by atoms with Gasteiger partial charge in [0.1, 0.15) is 0 Å². The van der Waals surface area contributed by atoms with Crippen LogP contribution in [-0.2, 0) is 19.2 Å². The molecule has 0 spiro atoms. The molecule has 0 unspecified atom stereocenters. The molecule has 0 atom stereocenters. The monoisotopic (exact) mass is 1620 g/mol. The van der Waals surface area contributed by atoms with Crippen LogP contribution >= 0.6 is 0 Å². The second-order valence-electron chi connectivity index (χ2n) is 36.5. The Bertz CT molecular complexity index is 1820. The van der Waals surface area contributed by atoms with Crippen LogP contribution in [0.2, 0.25) is 0 Å². The summed E-state index contributed by atoms with van der Waals surface area (Å²) in [6.07, 6.45) is 102. The van der Waals surface area contributed by atoms with E-state index in [4.69, 9.17) is 35.7 Å². The van der Waals surface area contributed by atoms with Crippen LogP contribution in [0.1, 0.15) is 553 Å². The van der Waals surface area contributed by atoms with Crippen molar-refractivity contribution < 1.29 is 70.2 Å². The molecule has 0 saturated heterocycles. The van der Waals surface area contributed by atoms with Crippen molar-refractivity contribution in [3.63, 3.8) is 0 Å². The highest BCUT2D eigenvalue weighted by Gasteiger charge is 2.53. The molecular weight excluding hydrogens is 1430 g/mol. The first-order chi connectivity index (χ1) is 55.7. The molecule has 10 N–H and O–H groups in total. The van der Waals surface area contributed by atoms with Gasteiger partial charge in [-0.05, 0) is 69.1 Å². The van der Waals surface area contributed by atoms with Gasteiger partial charge in [0.15, 0.2) is 0 Å². The first-order valence-corrected chi connectivity index (χ1v) is 50.3. The fraction of sp³-hybridized carbons (Fsp3) is 0.960. The number of carbonyl (C=O) groups is 4. The molecular formula is C100H196O14. The molecule has 114 heavy (non-hydrogen) atoms. The van der Waals surface area contributed by atoms with Crippen LogP contribution in [0.4, 0.5) is 0 Å². The fourth-order valence-electron chi connectivity index (χ4n) is 18.1. The normalized spacial score (nSPS) is 12.0. The van der Waals surface area contributed by atoms with Crippen molar-refractivity contribution in [3.8, 4) is 0 Å². The lowest BCUT2D eigenvalue weighted by Gasteiger charge is -2.54. The lowest BCUT2D eigenvalue weighted by molar-refractivity contribution is -0.138. The number of unbranched alkanes of at least 4 members (excludes halogenated alkanes) is 72. The minimum absolute atomic E-state index is 0.145. The van der Waals surface area contributed by atoms with Crippen LogP contribution in [0.3, 0.4) is 0 Å². The third kappa shape index (κ3) is 74.7. The lowest BCUT2D eigenvalue weighted by Crippen LogP contribution is -2.54. The minimum Gasteiger partial charge on any atom is -0.481 e. The Balaban J connectivity index is 0. The van der Waals surface area contributed by atoms with Gasteiger partial charge in [0.2, 0.25) is 0 Å². The largest absolute Gasteiger partial charge is 0.481 e. The maximum Gasteiger partial charge on any atom is 0.303 e. The number of aliphatic hydroxyl groups excluding tert-OH is 6. The summed E-state index contributed by atoms with van der Waals surface area (Å²) in [6.45, 7) is 0.919. The molecule has 0 amide bonds. The predicted octanol–water partition coefficient (Wildman–Crippen LogP) is 29.0. The van der Waals surface area contributed by atoms with Gasteiger partial charge in [0.05, 0.1) is 39.6 Å². The van der Waals surface area contributed by atoms with Gasteiger partial charge in [0.25, 0.3) is 0 Å². The summed E-state index contributed by atoms with van der Waals surface area (Å²) >= 11 is 0. The average molecular weight is 1620 g/mol. The van der Waals surface area contributed by atoms with Crippen molar-refractivity contribution in [2.75, 3.05) is 39.6 Å². The van der Waals surface area contributed by atoms with Crippen LogP contribution < -0.4 is 0 Å². The van der Waals surface area contributed by atoms with E-state index in [1.54, 1.807) is 0 Å². The van der Waals surface area contributed by atoms with Gasteiger partial charge >= 0.3 is 23.9 Å². The van der Waals surface area contributed by atoms with E-state index in [0.717, 1.165) is 89.9 Å². The summed E-state index contributed by atoms with van der Waals surface area (Å²) in [5.74, 6) is -2.29. The van der Waals surface area contributed by atoms with E-state index in [1.165, 1.54) is 424 Å². The highest BCUT2D eigenvalue weighted by Crippen LogP contribution is 2.56. The Morgan fingerprint density at radius 1 is 0.193 bits per heavy atom. The number of carboxylic acid groups (broad SMARTS) is 4. The zero-order chi connectivity index (χ0) is 83.7. The molecule has 0 bridgehead atoms. The molecule has 680 valence electrons. The summed E-state index contributed by atoms with van der Waals surface area (Å²) < 4.78 is 0. The Kier molecular flexibility index (Phi) is 89.6. The first-order valence-electron chi connectivity index (χ1n) is 50.3. The maximum absolute atomic E-state index is 11.6. The molecule has 0 heterocycles. The quantitative estimate of drug-likeness (QED) is 0.0254. The van der Waals surface area contributed by atoms with E-state index >= 15 is 0 Å². The summed E-state index contributed by atoms with van der Waals surface area (Å²) in [6, 6.07) is 0. The Morgan fingerprint density at radius 3 is 0.439 bits per heavy atom. The fourth-order valence-corrected chi connectivity index (χ4v) is 18.1. The molecule has 0 aliphatic rings. The van der Waals surface area contributed by atoms with Gasteiger partial charge in [-0.2, -0.15) is 0 Å². The third-order valence-electron chi connectivity index (χ3n) is 26.4. The Hall–Kier alpha value is -2.36. The molecule has 0 radical (unpaired) electrons. The van der Waals surface area contributed by atoms with Crippen LogP contribution in [0.5, 0.6) is 0 Å². The van der Waals surface area contributed by atoms with E-state index in [2.05, 4.69) is 0 Å². The van der Waals surface area contributed by atoms with Gasteiger partial charge in [-0.3, -0.25) is 19.2 Å². The first kappa shape index (κ1) is 114. The molecule has 14 heteroatoms. The summed E-state index contributed by atoms with van der Waals surface area (Å²) in [4.78, 5) is 43.0. The topological polar surface area (TPSA) is 271 Å². The number of rotatable bonds is 97. The zero-order valence-corrected chi connectivity index (χ0v) is 75.5. The predicted molar refractivity (Wildman–Crippen MR) is 482 cm³/mol. The standard InChI is InChI=1S/C94H182O11.C6H14O3/c95-85-93(86-96,87-97)94(83-75-67-59-51-43-35-27-19-11-3-9-17-25-33-41-49-57-65-73-81-91(102)103,84-76-68-60-52-44-36-28-20-12-4-10-18-26-34-42-50-58-66-74-82-92(104)105)88(77-69-61-53-45-37-29-21-13-5-1-7-15-23-31-39-47-55-63-71-79-89(98)99)78-70-62-54-46-38-30-22-14-6-2-8-16-24-32-40-48-56-64-72-80-90(100)101;1-2-6(3-7,4-8)5-9/h88,95-97H,1-87H2,(H,98,99)(H,100,101)(H,102,103)(H,104,105);7-9H,2-5H2,1H3. The molecule has 0 aromatic heterocycles. The highest BCUT2D eigenvalue weighted by molar-refractivity contribution is 5.67. The highest BCUT2D eigenvalue weighted by atomic mass is 16.4. The van der Waals surface area contributed by atoms with Crippen LogP contribution in [0.15, 0.2) is 0 Å². The van der Waals surface area contributed by atoms with Crippen LogP contribution in [0.25, 0.3) is 0 Å². The average Bonchev–Trinajstić information content (AvgIpc) is 0.756. The van der Waals surface area contributed by atoms with E-state index in [1.807, 2.05) is 6.92 Å². The summed E-state index contributed by atoms with van der Waals surface area (Å²) in [5, 5.41) is 96.3. The number of hydrogen-bond donors (Lipinski definition) is 10. The van der Waals surface area contributed by atoms with Gasteiger partial charge in [-0.25, -0.2) is 0 Å². The molecule has 0 rings (SSSR count). The third-order valence-corrected chi connectivity index (χ3v) is 26.4. The second-order valence-corrected chi connectivity index (χ2v) is 36.5. The van der Waals surface area contributed by atoms with Crippen molar-refractivity contribution >= 4 is 23.9 Å².